The van der Waals surface area contributed by atoms with E-state index in [0.717, 1.165) is 22.4 Å². The topological polar surface area (TPSA) is 59.8 Å². The molecular weight excluding hydrogens is 438 g/mol. The second kappa shape index (κ2) is 8.41. The van der Waals surface area contributed by atoms with Crippen LogP contribution in [0.15, 0.2) is 75.9 Å². The third-order valence-electron chi connectivity index (χ3n) is 5.93. The van der Waals surface area contributed by atoms with Gasteiger partial charge in [0.1, 0.15) is 11.3 Å². The molecule has 0 radical (unpaired) electrons. The standard InChI is InChI=1S/C27H22ClNO4/c1-3-32-19-11-9-17(10-12-19)24-23-25(30)20-14-16(2)8-13-22(20)33-26(23)27(31)29(24)15-18-6-4-5-7-21(18)28/h4-14,24H,3,15H2,1-2H3. The summed E-state index contributed by atoms with van der Waals surface area (Å²) >= 11 is 6.41. The summed E-state index contributed by atoms with van der Waals surface area (Å²) < 4.78 is 11.6. The van der Waals surface area contributed by atoms with Crippen molar-refractivity contribution in [1.29, 1.82) is 0 Å². The van der Waals surface area contributed by atoms with Gasteiger partial charge in [0.05, 0.1) is 23.6 Å². The van der Waals surface area contributed by atoms with E-state index in [9.17, 15) is 9.59 Å². The fourth-order valence-corrected chi connectivity index (χ4v) is 4.56. The van der Waals surface area contributed by atoms with E-state index in [2.05, 4.69) is 0 Å². The zero-order valence-electron chi connectivity index (χ0n) is 18.3. The first kappa shape index (κ1) is 21.3. The lowest BCUT2D eigenvalue weighted by atomic mass is 9.98. The summed E-state index contributed by atoms with van der Waals surface area (Å²) in [5.74, 6) is 0.482. The number of aryl methyl sites for hydroxylation is 1. The van der Waals surface area contributed by atoms with E-state index in [1.54, 1.807) is 23.1 Å². The number of carbonyl (C=O) groups is 1. The summed E-state index contributed by atoms with van der Waals surface area (Å²) in [5, 5.41) is 1.03. The fourth-order valence-electron chi connectivity index (χ4n) is 4.37. The van der Waals surface area contributed by atoms with E-state index in [-0.39, 0.29) is 23.6 Å². The van der Waals surface area contributed by atoms with Crippen LogP contribution in [0.1, 0.15) is 45.8 Å². The van der Waals surface area contributed by atoms with Gasteiger partial charge in [-0.25, -0.2) is 0 Å². The second-order valence-electron chi connectivity index (χ2n) is 8.10. The molecule has 5 rings (SSSR count). The number of ether oxygens (including phenoxy) is 1. The van der Waals surface area contributed by atoms with Crippen molar-refractivity contribution in [2.24, 2.45) is 0 Å². The molecule has 0 saturated carbocycles. The maximum atomic E-state index is 13.6. The smallest absolute Gasteiger partial charge is 0.291 e. The minimum absolute atomic E-state index is 0.0855. The lowest BCUT2D eigenvalue weighted by Gasteiger charge is -2.25. The first-order valence-electron chi connectivity index (χ1n) is 10.8. The molecule has 6 heteroatoms. The monoisotopic (exact) mass is 459 g/mol. The summed E-state index contributed by atoms with van der Waals surface area (Å²) in [7, 11) is 0. The molecule has 166 valence electrons. The quantitative estimate of drug-likeness (QED) is 0.373. The number of fused-ring (bicyclic) bond motifs is 2. The summed E-state index contributed by atoms with van der Waals surface area (Å²) in [6.45, 7) is 4.64. The number of carbonyl (C=O) groups excluding carboxylic acids is 1. The molecule has 1 unspecified atom stereocenters. The Morgan fingerprint density at radius 1 is 1.03 bits per heavy atom. The molecule has 1 atom stereocenters. The highest BCUT2D eigenvalue weighted by Crippen LogP contribution is 2.40. The van der Waals surface area contributed by atoms with Gasteiger partial charge in [0.15, 0.2) is 5.43 Å². The van der Waals surface area contributed by atoms with E-state index < -0.39 is 6.04 Å². The molecule has 0 saturated heterocycles. The van der Waals surface area contributed by atoms with Crippen LogP contribution >= 0.6 is 11.6 Å². The Balaban J connectivity index is 1.70. The van der Waals surface area contributed by atoms with Crippen molar-refractivity contribution in [3.05, 3.63) is 110 Å². The number of amides is 1. The molecule has 0 aliphatic carbocycles. The van der Waals surface area contributed by atoms with Gasteiger partial charge in [-0.3, -0.25) is 9.59 Å². The maximum Gasteiger partial charge on any atom is 0.291 e. The van der Waals surface area contributed by atoms with Gasteiger partial charge in [-0.05, 0) is 55.3 Å². The third-order valence-corrected chi connectivity index (χ3v) is 6.30. The summed E-state index contributed by atoms with van der Waals surface area (Å²) in [6, 6.07) is 19.7. The lowest BCUT2D eigenvalue weighted by molar-refractivity contribution is 0.0714. The number of benzene rings is 3. The van der Waals surface area contributed by atoms with Crippen molar-refractivity contribution < 1.29 is 13.9 Å². The van der Waals surface area contributed by atoms with Crippen molar-refractivity contribution in [2.45, 2.75) is 26.4 Å². The Hall–Kier alpha value is -3.57. The molecule has 0 spiro atoms. The van der Waals surface area contributed by atoms with Gasteiger partial charge in [0.25, 0.3) is 5.91 Å². The van der Waals surface area contributed by atoms with Gasteiger partial charge >= 0.3 is 0 Å². The highest BCUT2D eigenvalue weighted by Gasteiger charge is 2.42. The zero-order valence-corrected chi connectivity index (χ0v) is 19.1. The second-order valence-corrected chi connectivity index (χ2v) is 8.51. The SMILES string of the molecule is CCOc1ccc(C2c3c(oc4ccc(C)cc4c3=O)C(=O)N2Cc2ccccc2Cl)cc1. The third kappa shape index (κ3) is 3.68. The van der Waals surface area contributed by atoms with Crippen molar-refractivity contribution in [2.75, 3.05) is 6.61 Å². The highest BCUT2D eigenvalue weighted by molar-refractivity contribution is 6.31. The number of halogens is 1. The summed E-state index contributed by atoms with van der Waals surface area (Å²) in [5.41, 5.74) is 3.12. The Morgan fingerprint density at radius 2 is 1.79 bits per heavy atom. The number of hydrogen-bond acceptors (Lipinski definition) is 4. The summed E-state index contributed by atoms with van der Waals surface area (Å²) in [4.78, 5) is 28.9. The van der Waals surface area contributed by atoms with Crippen LogP contribution in [0.25, 0.3) is 11.0 Å². The molecular formula is C27H22ClNO4. The molecule has 1 aliphatic heterocycles. The number of nitrogens with zero attached hydrogens (tertiary/aromatic N) is 1. The van der Waals surface area contributed by atoms with Gasteiger partial charge in [0.2, 0.25) is 5.76 Å². The average molecular weight is 460 g/mol. The van der Waals surface area contributed by atoms with Crippen LogP contribution in [0.5, 0.6) is 5.75 Å². The molecule has 0 bridgehead atoms. The van der Waals surface area contributed by atoms with Crippen molar-refractivity contribution in [3.8, 4) is 5.75 Å². The predicted octanol–water partition coefficient (Wildman–Crippen LogP) is 5.90. The van der Waals surface area contributed by atoms with E-state index in [1.165, 1.54) is 0 Å². The van der Waals surface area contributed by atoms with E-state index >= 15 is 0 Å². The Labute approximate surface area is 196 Å². The van der Waals surface area contributed by atoms with Crippen molar-refractivity contribution in [1.82, 2.24) is 4.90 Å². The average Bonchev–Trinajstić information content (AvgIpc) is 3.08. The molecule has 0 N–H and O–H groups in total. The molecule has 3 aromatic carbocycles. The molecule has 0 fully saturated rings. The Morgan fingerprint density at radius 3 is 2.52 bits per heavy atom. The van der Waals surface area contributed by atoms with Crippen molar-refractivity contribution >= 4 is 28.5 Å². The molecule has 4 aromatic rings. The van der Waals surface area contributed by atoms with Gasteiger partial charge in [-0.2, -0.15) is 0 Å². The Kier molecular flexibility index (Phi) is 5.43. The molecule has 1 aromatic heterocycles. The van der Waals surface area contributed by atoms with E-state index in [1.807, 2.05) is 62.4 Å². The molecule has 2 heterocycles. The van der Waals surface area contributed by atoms with Crippen LogP contribution in [-0.4, -0.2) is 17.4 Å². The first-order chi connectivity index (χ1) is 16.0. The maximum absolute atomic E-state index is 13.6. The minimum atomic E-state index is -0.597. The largest absolute Gasteiger partial charge is 0.494 e. The van der Waals surface area contributed by atoms with E-state index in [4.69, 9.17) is 20.8 Å². The van der Waals surface area contributed by atoms with Gasteiger partial charge in [-0.15, -0.1) is 0 Å². The van der Waals surface area contributed by atoms with Crippen LogP contribution in [0.3, 0.4) is 0 Å². The number of hydrogen-bond donors (Lipinski definition) is 0. The predicted molar refractivity (Wildman–Crippen MR) is 128 cm³/mol. The minimum Gasteiger partial charge on any atom is -0.494 e. The fraction of sp³-hybridized carbons (Fsp3) is 0.185. The van der Waals surface area contributed by atoms with Gasteiger partial charge < -0.3 is 14.1 Å². The molecule has 1 amide bonds. The van der Waals surface area contributed by atoms with Gasteiger partial charge in [0, 0.05) is 11.6 Å². The van der Waals surface area contributed by atoms with Crippen molar-refractivity contribution in [3.63, 3.8) is 0 Å². The molecule has 5 nitrogen and oxygen atoms in total. The van der Waals surface area contributed by atoms with E-state index in [0.29, 0.717) is 28.2 Å². The van der Waals surface area contributed by atoms with Crippen LogP contribution in [-0.2, 0) is 6.54 Å². The summed E-state index contributed by atoms with van der Waals surface area (Å²) in [6.07, 6.45) is 0. The first-order valence-corrected chi connectivity index (χ1v) is 11.2. The highest BCUT2D eigenvalue weighted by atomic mass is 35.5. The van der Waals surface area contributed by atoms with Crippen LogP contribution < -0.4 is 10.2 Å². The zero-order chi connectivity index (χ0) is 23.1. The van der Waals surface area contributed by atoms with Crippen LogP contribution in [0, 0.1) is 6.92 Å². The number of rotatable bonds is 5. The molecule has 1 aliphatic rings. The van der Waals surface area contributed by atoms with Crippen LogP contribution in [0.4, 0.5) is 0 Å². The Bertz CT molecular complexity index is 1420. The van der Waals surface area contributed by atoms with Crippen LogP contribution in [0.2, 0.25) is 5.02 Å². The van der Waals surface area contributed by atoms with Gasteiger partial charge in [-0.1, -0.05) is 53.6 Å². The lowest BCUT2D eigenvalue weighted by Crippen LogP contribution is -2.29. The molecule has 33 heavy (non-hydrogen) atoms. The normalized spacial score (nSPS) is 15.2.